The van der Waals surface area contributed by atoms with Crippen LogP contribution < -0.4 is 5.32 Å². The molecule has 3 aliphatic rings. The number of nitrogens with one attached hydrogen (secondary N) is 1. The number of carbonyl (C=O) groups excluding carboxylic acids is 1. The average molecular weight is 278 g/mol. The fourth-order valence-electron chi connectivity index (χ4n) is 4.42. The highest BCUT2D eigenvalue weighted by Gasteiger charge is 2.49. The molecule has 20 heavy (non-hydrogen) atoms. The number of hydrogen-bond donors (Lipinski definition) is 1. The summed E-state index contributed by atoms with van der Waals surface area (Å²) in [5.74, 6) is 3.32. The van der Waals surface area contributed by atoms with E-state index in [1.807, 2.05) is 0 Å². The molecule has 2 saturated carbocycles. The molecule has 0 radical (unpaired) electrons. The van der Waals surface area contributed by atoms with E-state index in [9.17, 15) is 4.79 Å². The van der Waals surface area contributed by atoms with E-state index < -0.39 is 0 Å². The molecule has 1 heterocycles. The zero-order valence-corrected chi connectivity index (χ0v) is 13.1. The summed E-state index contributed by atoms with van der Waals surface area (Å²) in [5.41, 5.74) is 0. The first-order valence-corrected chi connectivity index (χ1v) is 8.75. The summed E-state index contributed by atoms with van der Waals surface area (Å²) in [5, 5.41) is 3.68. The lowest BCUT2D eigenvalue weighted by Crippen LogP contribution is -2.52. The van der Waals surface area contributed by atoms with Crippen LogP contribution in [0, 0.1) is 23.7 Å². The second-order valence-electron chi connectivity index (χ2n) is 7.23. The smallest absolute Gasteiger partial charge is 0.225 e. The van der Waals surface area contributed by atoms with Crippen LogP contribution in [0.4, 0.5) is 0 Å². The molecule has 3 nitrogen and oxygen atoms in total. The molecule has 2 aliphatic carbocycles. The Labute approximate surface area is 123 Å². The number of rotatable bonds is 5. The van der Waals surface area contributed by atoms with Gasteiger partial charge in [0.05, 0.1) is 0 Å². The molecule has 4 atom stereocenters. The van der Waals surface area contributed by atoms with Crippen LogP contribution in [0.3, 0.4) is 0 Å². The Morgan fingerprint density at radius 2 is 1.95 bits per heavy atom. The summed E-state index contributed by atoms with van der Waals surface area (Å²) < 4.78 is 0. The SMILES string of the molecule is CCCNC1CCN(C(=O)C2CC3CC3C2)CC1CC. The third kappa shape index (κ3) is 2.88. The lowest BCUT2D eigenvalue weighted by atomic mass is 9.88. The van der Waals surface area contributed by atoms with Crippen LogP contribution in [-0.4, -0.2) is 36.5 Å². The minimum Gasteiger partial charge on any atom is -0.342 e. The summed E-state index contributed by atoms with van der Waals surface area (Å²) in [6.45, 7) is 7.56. The lowest BCUT2D eigenvalue weighted by Gasteiger charge is -2.40. The molecule has 0 bridgehead atoms. The van der Waals surface area contributed by atoms with Gasteiger partial charge in [0, 0.05) is 25.0 Å². The summed E-state index contributed by atoms with van der Waals surface area (Å²) >= 11 is 0. The van der Waals surface area contributed by atoms with Gasteiger partial charge >= 0.3 is 0 Å². The first-order valence-electron chi connectivity index (χ1n) is 8.75. The van der Waals surface area contributed by atoms with Crippen LogP contribution in [0.15, 0.2) is 0 Å². The van der Waals surface area contributed by atoms with Crippen molar-refractivity contribution in [2.24, 2.45) is 23.7 Å². The van der Waals surface area contributed by atoms with Crippen molar-refractivity contribution in [2.45, 2.75) is 58.4 Å². The predicted molar refractivity (Wildman–Crippen MR) is 81.4 cm³/mol. The molecular formula is C17H30N2O. The topological polar surface area (TPSA) is 32.3 Å². The van der Waals surface area contributed by atoms with Crippen LogP contribution in [0.5, 0.6) is 0 Å². The molecule has 3 fully saturated rings. The molecule has 0 aromatic carbocycles. The number of likely N-dealkylation sites (tertiary alicyclic amines) is 1. The molecule has 1 amide bonds. The van der Waals surface area contributed by atoms with E-state index in [0.29, 0.717) is 23.8 Å². The number of fused-ring (bicyclic) bond motifs is 1. The molecule has 0 spiro atoms. The zero-order chi connectivity index (χ0) is 14.1. The average Bonchev–Trinajstić information content (AvgIpc) is 3.10. The van der Waals surface area contributed by atoms with Gasteiger partial charge in [0.15, 0.2) is 0 Å². The highest BCUT2D eigenvalue weighted by molar-refractivity contribution is 5.79. The maximum Gasteiger partial charge on any atom is 0.225 e. The van der Waals surface area contributed by atoms with Crippen molar-refractivity contribution < 1.29 is 4.79 Å². The number of nitrogens with zero attached hydrogens (tertiary/aromatic N) is 1. The van der Waals surface area contributed by atoms with Gasteiger partial charge in [0.1, 0.15) is 0 Å². The fraction of sp³-hybridized carbons (Fsp3) is 0.941. The molecule has 1 N–H and O–H groups in total. The van der Waals surface area contributed by atoms with Gasteiger partial charge < -0.3 is 10.2 Å². The van der Waals surface area contributed by atoms with Crippen molar-refractivity contribution in [1.29, 1.82) is 0 Å². The van der Waals surface area contributed by atoms with Crippen LogP contribution in [0.1, 0.15) is 52.4 Å². The molecular weight excluding hydrogens is 248 g/mol. The van der Waals surface area contributed by atoms with Gasteiger partial charge in [-0.3, -0.25) is 4.79 Å². The largest absolute Gasteiger partial charge is 0.342 e. The van der Waals surface area contributed by atoms with Gasteiger partial charge in [-0.15, -0.1) is 0 Å². The standard InChI is InChI=1S/C17H30N2O/c1-3-6-18-16-5-7-19(11-12(16)4-2)17(20)15-9-13-8-14(13)10-15/h12-16,18H,3-11H2,1-2H3. The minimum absolute atomic E-state index is 0.372. The highest BCUT2D eigenvalue weighted by Crippen LogP contribution is 2.54. The first kappa shape index (κ1) is 14.4. The molecule has 3 rings (SSSR count). The molecule has 0 aromatic heterocycles. The maximum atomic E-state index is 12.7. The van der Waals surface area contributed by atoms with E-state index in [2.05, 4.69) is 24.1 Å². The minimum atomic E-state index is 0.372. The van der Waals surface area contributed by atoms with Crippen molar-refractivity contribution >= 4 is 5.91 Å². The Morgan fingerprint density at radius 3 is 2.60 bits per heavy atom. The van der Waals surface area contributed by atoms with Gasteiger partial charge in [-0.25, -0.2) is 0 Å². The number of piperidine rings is 1. The number of amides is 1. The van der Waals surface area contributed by atoms with Crippen molar-refractivity contribution in [3.63, 3.8) is 0 Å². The maximum absolute atomic E-state index is 12.7. The Bertz CT molecular complexity index is 347. The molecule has 1 aliphatic heterocycles. The Morgan fingerprint density at radius 1 is 1.20 bits per heavy atom. The second-order valence-corrected chi connectivity index (χ2v) is 7.23. The van der Waals surface area contributed by atoms with E-state index >= 15 is 0 Å². The van der Waals surface area contributed by atoms with E-state index in [1.165, 1.54) is 32.1 Å². The van der Waals surface area contributed by atoms with Crippen molar-refractivity contribution in [2.75, 3.05) is 19.6 Å². The van der Waals surface area contributed by atoms with E-state index in [-0.39, 0.29) is 0 Å². The molecule has 3 heteroatoms. The Kier molecular flexibility index (Phi) is 4.34. The monoisotopic (exact) mass is 278 g/mol. The lowest BCUT2D eigenvalue weighted by molar-refractivity contribution is -0.138. The second kappa shape index (κ2) is 6.05. The van der Waals surface area contributed by atoms with E-state index in [4.69, 9.17) is 0 Å². The van der Waals surface area contributed by atoms with Crippen molar-refractivity contribution in [3.05, 3.63) is 0 Å². The third-order valence-electron chi connectivity index (χ3n) is 5.82. The first-order chi connectivity index (χ1) is 9.72. The Balaban J connectivity index is 1.52. The molecule has 114 valence electrons. The van der Waals surface area contributed by atoms with Crippen LogP contribution in [0.25, 0.3) is 0 Å². The molecule has 0 aromatic rings. The molecule has 1 saturated heterocycles. The van der Waals surface area contributed by atoms with Gasteiger partial charge in [-0.05, 0) is 56.4 Å². The van der Waals surface area contributed by atoms with Gasteiger partial charge in [-0.1, -0.05) is 20.3 Å². The zero-order valence-electron chi connectivity index (χ0n) is 13.1. The van der Waals surface area contributed by atoms with E-state index in [1.54, 1.807) is 0 Å². The summed E-state index contributed by atoms with van der Waals surface area (Å²) in [6, 6.07) is 0.626. The Hall–Kier alpha value is -0.570. The summed E-state index contributed by atoms with van der Waals surface area (Å²) in [7, 11) is 0. The molecule has 4 unspecified atom stereocenters. The predicted octanol–water partition coefficient (Wildman–Crippen LogP) is 2.66. The fourth-order valence-corrected chi connectivity index (χ4v) is 4.42. The van der Waals surface area contributed by atoms with Crippen LogP contribution in [0.2, 0.25) is 0 Å². The number of hydrogen-bond acceptors (Lipinski definition) is 2. The van der Waals surface area contributed by atoms with Gasteiger partial charge in [0.25, 0.3) is 0 Å². The number of carbonyl (C=O) groups is 1. The highest BCUT2D eigenvalue weighted by atomic mass is 16.2. The third-order valence-corrected chi connectivity index (χ3v) is 5.82. The van der Waals surface area contributed by atoms with Gasteiger partial charge in [0.2, 0.25) is 5.91 Å². The summed E-state index contributed by atoms with van der Waals surface area (Å²) in [6.07, 6.45) is 7.30. The van der Waals surface area contributed by atoms with E-state index in [0.717, 1.165) is 37.9 Å². The van der Waals surface area contributed by atoms with Crippen molar-refractivity contribution in [3.8, 4) is 0 Å². The quantitative estimate of drug-likeness (QED) is 0.838. The summed E-state index contributed by atoms with van der Waals surface area (Å²) in [4.78, 5) is 14.8. The van der Waals surface area contributed by atoms with Crippen molar-refractivity contribution in [1.82, 2.24) is 10.2 Å². The normalized spacial score (nSPS) is 39.7. The van der Waals surface area contributed by atoms with Gasteiger partial charge in [-0.2, -0.15) is 0 Å². The van der Waals surface area contributed by atoms with Crippen LogP contribution >= 0.6 is 0 Å². The van der Waals surface area contributed by atoms with Crippen LogP contribution in [-0.2, 0) is 4.79 Å².